The molecule has 0 unspecified atom stereocenters. The Morgan fingerprint density at radius 2 is 2.11 bits per heavy atom. The first-order valence-electron chi connectivity index (χ1n) is 7.75. The first-order chi connectivity index (χ1) is 10.3. The van der Waals surface area contributed by atoms with Crippen molar-refractivity contribution in [1.82, 2.24) is 9.55 Å². The van der Waals surface area contributed by atoms with Crippen LogP contribution >= 0.6 is 0 Å². The lowest BCUT2D eigenvalue weighted by Gasteiger charge is -2.23. The molecule has 4 heteroatoms. The van der Waals surface area contributed by atoms with Gasteiger partial charge in [-0.2, -0.15) is 0 Å². The predicted octanol–water partition coefficient (Wildman–Crippen LogP) is 2.42. The van der Waals surface area contributed by atoms with Gasteiger partial charge in [-0.3, -0.25) is 4.99 Å². The molecule has 0 bridgehead atoms. The summed E-state index contributed by atoms with van der Waals surface area (Å²) >= 11 is 0. The Morgan fingerprint density at radius 3 is 2.74 bits per heavy atom. The number of hydrogen-bond donors (Lipinski definition) is 0. The summed E-state index contributed by atoms with van der Waals surface area (Å²) in [5.74, 6) is 1.39. The van der Waals surface area contributed by atoms with Gasteiger partial charge in [0.2, 0.25) is 0 Å². The Bertz CT molecular complexity index is 705. The molecule has 0 spiro atoms. The summed E-state index contributed by atoms with van der Waals surface area (Å²) in [6, 6.07) is 11.6. The Labute approximate surface area is 118 Å². The van der Waals surface area contributed by atoms with Gasteiger partial charge in [0.05, 0.1) is 0 Å². The highest BCUT2D eigenvalue weighted by Gasteiger charge is 2.10. The van der Waals surface area contributed by atoms with Crippen molar-refractivity contribution in [3.8, 4) is 0 Å². The monoisotopic (exact) mass is 259 g/mol. The van der Waals surface area contributed by atoms with Crippen LogP contribution in [0.3, 0.4) is 0 Å². The van der Waals surface area contributed by atoms with Gasteiger partial charge in [-0.05, 0) is 26.0 Å². The summed E-state index contributed by atoms with van der Waals surface area (Å²) in [6.45, 7) is 2.21. The van der Waals surface area contributed by atoms with E-state index in [1.165, 1.54) is 0 Å². The number of aromatic nitrogens is 2. The Kier molecular flexibility index (Phi) is 2.93. The maximum absolute atomic E-state index is 7.34. The van der Waals surface area contributed by atoms with Crippen molar-refractivity contribution in [2.45, 2.75) is 13.8 Å². The van der Waals surface area contributed by atoms with Crippen molar-refractivity contribution in [1.29, 1.82) is 0 Å². The number of rotatable bonds is 3. The molecule has 0 N–H and O–H groups in total. The SMILES string of the molecule is [2H]C([2H])([2H])N=c1cc(N(CC)c2ccccc2)nc(C)n1C. The molecule has 19 heavy (non-hydrogen) atoms. The smallest absolute Gasteiger partial charge is 0.138 e. The van der Waals surface area contributed by atoms with E-state index in [2.05, 4.69) is 9.98 Å². The maximum Gasteiger partial charge on any atom is 0.138 e. The van der Waals surface area contributed by atoms with Crippen LogP contribution in [0.4, 0.5) is 11.5 Å². The van der Waals surface area contributed by atoms with E-state index in [1.807, 2.05) is 49.1 Å². The zero-order valence-corrected chi connectivity index (χ0v) is 11.5. The minimum atomic E-state index is -2.37. The van der Waals surface area contributed by atoms with Crippen molar-refractivity contribution in [2.24, 2.45) is 12.0 Å². The first kappa shape index (κ1) is 9.78. The molecule has 0 atom stereocenters. The number of aryl methyl sites for hydroxylation is 1. The van der Waals surface area contributed by atoms with Crippen molar-refractivity contribution in [3.05, 3.63) is 47.7 Å². The lowest BCUT2D eigenvalue weighted by Crippen LogP contribution is -2.26. The lowest BCUT2D eigenvalue weighted by molar-refractivity contribution is 0.747. The Hall–Kier alpha value is -2.10. The second-order valence-corrected chi connectivity index (χ2v) is 4.27. The van der Waals surface area contributed by atoms with Crippen LogP contribution in [0.15, 0.2) is 41.4 Å². The minimum Gasteiger partial charge on any atom is -0.326 e. The Morgan fingerprint density at radius 1 is 1.37 bits per heavy atom. The van der Waals surface area contributed by atoms with E-state index in [1.54, 1.807) is 17.7 Å². The molecule has 0 aliphatic carbocycles. The molecular weight excluding hydrogens is 236 g/mol. The second kappa shape index (κ2) is 5.69. The standard InChI is InChI=1S/C15H20N4/c1-5-19(13-9-7-6-8-10-13)15-11-14(16-3)18(4)12(2)17-15/h6-11H,5H2,1-4H3/i3D3. The largest absolute Gasteiger partial charge is 0.326 e. The Balaban J connectivity index is 2.59. The van der Waals surface area contributed by atoms with E-state index in [4.69, 9.17) is 4.11 Å². The van der Waals surface area contributed by atoms with Gasteiger partial charge < -0.3 is 9.47 Å². The third-order valence-electron chi connectivity index (χ3n) is 3.14. The van der Waals surface area contributed by atoms with Crippen LogP contribution in [-0.2, 0) is 7.05 Å². The van der Waals surface area contributed by atoms with Crippen molar-refractivity contribution < 1.29 is 4.11 Å². The molecule has 0 saturated carbocycles. The molecule has 0 aliphatic heterocycles. The van der Waals surface area contributed by atoms with Crippen LogP contribution in [0.5, 0.6) is 0 Å². The molecular formula is C15H20N4. The summed E-state index contributed by atoms with van der Waals surface area (Å²) in [5.41, 5.74) is 1.39. The fraction of sp³-hybridized carbons (Fsp3) is 0.333. The van der Waals surface area contributed by atoms with Crippen LogP contribution in [-0.4, -0.2) is 23.1 Å². The molecule has 0 amide bonds. The molecule has 0 fully saturated rings. The van der Waals surface area contributed by atoms with Crippen LogP contribution in [0, 0.1) is 6.92 Å². The fourth-order valence-electron chi connectivity index (χ4n) is 1.98. The average molecular weight is 259 g/mol. The average Bonchev–Trinajstić information content (AvgIpc) is 2.44. The first-order valence-corrected chi connectivity index (χ1v) is 6.25. The van der Waals surface area contributed by atoms with Crippen molar-refractivity contribution in [2.75, 3.05) is 18.4 Å². The van der Waals surface area contributed by atoms with Crippen molar-refractivity contribution >= 4 is 11.5 Å². The summed E-state index contributed by atoms with van der Waals surface area (Å²) in [6.07, 6.45) is 0. The van der Waals surface area contributed by atoms with E-state index < -0.39 is 6.98 Å². The molecule has 2 aromatic rings. The highest BCUT2D eigenvalue weighted by molar-refractivity contribution is 5.59. The van der Waals surface area contributed by atoms with Gasteiger partial charge in [0.1, 0.15) is 17.1 Å². The topological polar surface area (TPSA) is 33.4 Å². The van der Waals surface area contributed by atoms with Gasteiger partial charge in [-0.25, -0.2) is 4.98 Å². The molecule has 100 valence electrons. The molecule has 0 saturated heterocycles. The van der Waals surface area contributed by atoms with Gasteiger partial charge in [-0.15, -0.1) is 0 Å². The van der Waals surface area contributed by atoms with Gasteiger partial charge in [0.15, 0.2) is 0 Å². The summed E-state index contributed by atoms with van der Waals surface area (Å²) in [5, 5.41) is 0. The molecule has 0 radical (unpaired) electrons. The number of para-hydroxylation sites is 1. The molecule has 1 aromatic carbocycles. The highest BCUT2D eigenvalue weighted by atomic mass is 15.2. The van der Waals surface area contributed by atoms with E-state index in [-0.39, 0.29) is 0 Å². The molecule has 0 aliphatic rings. The van der Waals surface area contributed by atoms with Gasteiger partial charge >= 0.3 is 0 Å². The van der Waals surface area contributed by atoms with Crippen LogP contribution < -0.4 is 10.4 Å². The summed E-state index contributed by atoms with van der Waals surface area (Å²) in [7, 11) is 1.76. The van der Waals surface area contributed by atoms with Gasteiger partial charge in [0, 0.05) is 36.4 Å². The van der Waals surface area contributed by atoms with Crippen LogP contribution in [0.1, 0.15) is 16.9 Å². The highest BCUT2D eigenvalue weighted by Crippen LogP contribution is 2.21. The zero-order chi connectivity index (χ0) is 16.3. The zero-order valence-electron chi connectivity index (χ0n) is 14.5. The molecule has 1 heterocycles. The minimum absolute atomic E-state index is 0.386. The normalized spacial score (nSPS) is 14.7. The molecule has 4 nitrogen and oxygen atoms in total. The predicted molar refractivity (Wildman–Crippen MR) is 78.6 cm³/mol. The van der Waals surface area contributed by atoms with E-state index in [9.17, 15) is 0 Å². The van der Waals surface area contributed by atoms with E-state index in [0.29, 0.717) is 17.1 Å². The number of anilines is 2. The third-order valence-corrected chi connectivity index (χ3v) is 3.14. The van der Waals surface area contributed by atoms with Gasteiger partial charge in [0.25, 0.3) is 0 Å². The summed E-state index contributed by atoms with van der Waals surface area (Å²) < 4.78 is 23.7. The van der Waals surface area contributed by atoms with Gasteiger partial charge in [-0.1, -0.05) is 18.2 Å². The van der Waals surface area contributed by atoms with Crippen LogP contribution in [0.25, 0.3) is 0 Å². The fourth-order valence-corrected chi connectivity index (χ4v) is 1.98. The number of nitrogens with zero attached hydrogens (tertiary/aromatic N) is 4. The third kappa shape index (κ3) is 2.67. The van der Waals surface area contributed by atoms with E-state index >= 15 is 0 Å². The second-order valence-electron chi connectivity index (χ2n) is 4.27. The van der Waals surface area contributed by atoms with Crippen LogP contribution in [0.2, 0.25) is 0 Å². The summed E-state index contributed by atoms with van der Waals surface area (Å²) in [4.78, 5) is 10.4. The maximum atomic E-state index is 7.34. The lowest BCUT2D eigenvalue weighted by atomic mass is 10.3. The quantitative estimate of drug-likeness (QED) is 0.848. The molecule has 1 aromatic heterocycles. The van der Waals surface area contributed by atoms with Crippen molar-refractivity contribution in [3.63, 3.8) is 0 Å². The number of benzene rings is 1. The van der Waals surface area contributed by atoms with E-state index in [0.717, 1.165) is 12.2 Å². The number of hydrogen-bond acceptors (Lipinski definition) is 3. The molecule has 2 rings (SSSR count).